The summed E-state index contributed by atoms with van der Waals surface area (Å²) >= 11 is 0. The number of hydrogen-bond acceptors (Lipinski definition) is 1. The summed E-state index contributed by atoms with van der Waals surface area (Å²) in [5, 5.41) is 0.577. The highest BCUT2D eigenvalue weighted by molar-refractivity contribution is 5.89. The van der Waals surface area contributed by atoms with E-state index in [1.54, 1.807) is 12.1 Å². The molecule has 0 spiro atoms. The molecule has 0 aliphatic heterocycles. The van der Waals surface area contributed by atoms with Gasteiger partial charge in [-0.25, -0.2) is 4.39 Å². The molecule has 0 fully saturated rings. The van der Waals surface area contributed by atoms with E-state index in [1.165, 1.54) is 23.3 Å². The van der Waals surface area contributed by atoms with E-state index in [1.807, 2.05) is 24.3 Å². The van der Waals surface area contributed by atoms with Crippen LogP contribution in [0.15, 0.2) is 91.5 Å². The van der Waals surface area contributed by atoms with Gasteiger partial charge in [0.1, 0.15) is 0 Å². The Morgan fingerprint density at radius 2 is 1.64 bits per heavy atom. The van der Waals surface area contributed by atoms with Gasteiger partial charge in [-0.05, 0) is 64.6 Å². The summed E-state index contributed by atoms with van der Waals surface area (Å²) in [7, 11) is 0. The highest BCUT2D eigenvalue weighted by Crippen LogP contribution is 2.34. The number of fused-ring (bicyclic) bond motifs is 1. The second kappa shape index (κ2) is 9.49. The Kier molecular flexibility index (Phi) is 6.50. The smallest absolute Gasteiger partial charge is 0.403 e. The van der Waals surface area contributed by atoms with E-state index in [9.17, 15) is 17.6 Å². The molecule has 168 valence electrons. The van der Waals surface area contributed by atoms with E-state index in [4.69, 9.17) is 0 Å². The Morgan fingerprint density at radius 1 is 0.848 bits per heavy atom. The fraction of sp³-hybridized carbons (Fsp3) is 0.143. The molecule has 0 unspecified atom stereocenters. The van der Waals surface area contributed by atoms with Crippen LogP contribution in [-0.4, -0.2) is 6.36 Å². The molecule has 5 heteroatoms. The SMILES string of the molecule is C=CCCc1ccc(-c2ccc3c(F)c(OC(F)(F)F)ccc3c2)c(Cc2ccccc2)c1. The first kappa shape index (κ1) is 22.6. The molecule has 0 aliphatic carbocycles. The zero-order valence-corrected chi connectivity index (χ0v) is 17.8. The standard InChI is InChI=1S/C28H22F4O/c1-2-3-7-20-10-13-24(23(17-20)16-19-8-5-4-6-9-19)21-11-14-25-22(18-21)12-15-26(27(25)29)33-28(30,31)32/h2,4-6,8-15,17-18H,1,3,7,16H2. The van der Waals surface area contributed by atoms with Crippen molar-refractivity contribution in [3.8, 4) is 16.9 Å². The molecule has 0 aromatic heterocycles. The summed E-state index contributed by atoms with van der Waals surface area (Å²) in [6, 6.07) is 23.9. The van der Waals surface area contributed by atoms with Gasteiger partial charge in [0.15, 0.2) is 11.6 Å². The number of halogens is 4. The van der Waals surface area contributed by atoms with Crippen LogP contribution >= 0.6 is 0 Å². The van der Waals surface area contributed by atoms with Crippen LogP contribution in [0.2, 0.25) is 0 Å². The third-order valence-electron chi connectivity index (χ3n) is 5.50. The third-order valence-corrected chi connectivity index (χ3v) is 5.50. The van der Waals surface area contributed by atoms with Crippen LogP contribution in [0.3, 0.4) is 0 Å². The van der Waals surface area contributed by atoms with E-state index in [-0.39, 0.29) is 5.39 Å². The molecule has 4 aromatic carbocycles. The first-order valence-corrected chi connectivity index (χ1v) is 10.6. The van der Waals surface area contributed by atoms with Gasteiger partial charge in [-0.1, -0.05) is 72.8 Å². The summed E-state index contributed by atoms with van der Waals surface area (Å²) < 4.78 is 56.1. The highest BCUT2D eigenvalue weighted by Gasteiger charge is 2.32. The Hall–Kier alpha value is -3.60. The van der Waals surface area contributed by atoms with E-state index in [0.29, 0.717) is 5.39 Å². The molecule has 0 N–H and O–H groups in total. The van der Waals surface area contributed by atoms with Crippen LogP contribution in [0, 0.1) is 5.82 Å². The Morgan fingerprint density at radius 3 is 2.36 bits per heavy atom. The zero-order valence-electron chi connectivity index (χ0n) is 17.8. The number of ether oxygens (including phenoxy) is 1. The van der Waals surface area contributed by atoms with E-state index >= 15 is 0 Å². The second-order valence-electron chi connectivity index (χ2n) is 7.84. The zero-order chi connectivity index (χ0) is 23.4. The average molecular weight is 450 g/mol. The molecule has 0 saturated carbocycles. The van der Waals surface area contributed by atoms with Crippen molar-refractivity contribution in [2.75, 3.05) is 0 Å². The van der Waals surface area contributed by atoms with Gasteiger partial charge in [-0.2, -0.15) is 0 Å². The van der Waals surface area contributed by atoms with Crippen LogP contribution < -0.4 is 4.74 Å². The predicted octanol–water partition coefficient (Wildman–Crippen LogP) is 8.25. The first-order valence-electron chi connectivity index (χ1n) is 10.6. The summed E-state index contributed by atoms with van der Waals surface area (Å²) in [5.41, 5.74) is 5.36. The van der Waals surface area contributed by atoms with Crippen molar-refractivity contribution in [2.24, 2.45) is 0 Å². The number of benzene rings is 4. The van der Waals surface area contributed by atoms with Gasteiger partial charge in [0.25, 0.3) is 0 Å². The number of aryl methyl sites for hydroxylation is 1. The van der Waals surface area contributed by atoms with Crippen molar-refractivity contribution >= 4 is 10.8 Å². The lowest BCUT2D eigenvalue weighted by Crippen LogP contribution is -2.17. The minimum absolute atomic E-state index is 0.0766. The monoisotopic (exact) mass is 450 g/mol. The lowest BCUT2D eigenvalue weighted by atomic mass is 9.91. The summed E-state index contributed by atoms with van der Waals surface area (Å²) in [5.74, 6) is -1.86. The maximum atomic E-state index is 14.6. The first-order chi connectivity index (χ1) is 15.8. The fourth-order valence-corrected chi connectivity index (χ4v) is 3.96. The maximum Gasteiger partial charge on any atom is 0.573 e. The molecule has 0 aliphatic rings. The molecule has 0 atom stereocenters. The largest absolute Gasteiger partial charge is 0.573 e. The lowest BCUT2D eigenvalue weighted by molar-refractivity contribution is -0.275. The quantitative estimate of drug-likeness (QED) is 0.203. The van der Waals surface area contributed by atoms with Gasteiger partial charge < -0.3 is 4.74 Å². The molecule has 0 heterocycles. The summed E-state index contributed by atoms with van der Waals surface area (Å²) in [6.45, 7) is 3.79. The third kappa shape index (κ3) is 5.43. The lowest BCUT2D eigenvalue weighted by Gasteiger charge is -2.15. The topological polar surface area (TPSA) is 9.23 Å². The van der Waals surface area contributed by atoms with Gasteiger partial charge in [-0.3, -0.25) is 0 Å². The minimum atomic E-state index is -4.95. The molecular formula is C28H22F4O. The summed E-state index contributed by atoms with van der Waals surface area (Å²) in [4.78, 5) is 0. The number of alkyl halides is 3. The van der Waals surface area contributed by atoms with Crippen molar-refractivity contribution in [1.29, 1.82) is 0 Å². The average Bonchev–Trinajstić information content (AvgIpc) is 2.79. The van der Waals surface area contributed by atoms with Gasteiger partial charge in [0.2, 0.25) is 0 Å². The summed E-state index contributed by atoms with van der Waals surface area (Å²) in [6.07, 6.45) is -0.575. The van der Waals surface area contributed by atoms with Gasteiger partial charge in [-0.15, -0.1) is 19.8 Å². The molecule has 1 nitrogen and oxygen atoms in total. The van der Waals surface area contributed by atoms with E-state index in [0.717, 1.165) is 42.0 Å². The normalized spacial score (nSPS) is 11.5. The molecule has 0 bridgehead atoms. The van der Waals surface area contributed by atoms with Crippen molar-refractivity contribution in [3.05, 3.63) is 114 Å². The predicted molar refractivity (Wildman–Crippen MR) is 124 cm³/mol. The van der Waals surface area contributed by atoms with E-state index < -0.39 is 17.9 Å². The fourth-order valence-electron chi connectivity index (χ4n) is 3.96. The van der Waals surface area contributed by atoms with Crippen LogP contribution in [0.25, 0.3) is 21.9 Å². The van der Waals surface area contributed by atoms with Crippen molar-refractivity contribution < 1.29 is 22.3 Å². The van der Waals surface area contributed by atoms with Gasteiger partial charge in [0.05, 0.1) is 0 Å². The molecule has 4 rings (SSSR count). The Bertz CT molecular complexity index is 1280. The molecule has 0 radical (unpaired) electrons. The van der Waals surface area contributed by atoms with Crippen molar-refractivity contribution in [1.82, 2.24) is 0 Å². The van der Waals surface area contributed by atoms with Crippen LogP contribution in [0.5, 0.6) is 5.75 Å². The minimum Gasteiger partial charge on any atom is -0.403 e. The number of allylic oxidation sites excluding steroid dienone is 1. The van der Waals surface area contributed by atoms with Gasteiger partial charge in [0, 0.05) is 5.39 Å². The van der Waals surface area contributed by atoms with Crippen molar-refractivity contribution in [2.45, 2.75) is 25.6 Å². The number of rotatable bonds is 7. The highest BCUT2D eigenvalue weighted by atomic mass is 19.4. The maximum absolute atomic E-state index is 14.6. The molecule has 0 saturated heterocycles. The van der Waals surface area contributed by atoms with Gasteiger partial charge >= 0.3 is 6.36 Å². The Labute approximate surface area is 190 Å². The number of hydrogen-bond donors (Lipinski definition) is 0. The molecular weight excluding hydrogens is 428 g/mol. The Balaban J connectivity index is 1.75. The van der Waals surface area contributed by atoms with Crippen molar-refractivity contribution in [3.63, 3.8) is 0 Å². The van der Waals surface area contributed by atoms with E-state index in [2.05, 4.69) is 41.6 Å². The molecule has 4 aromatic rings. The van der Waals surface area contributed by atoms with Crippen LogP contribution in [0.1, 0.15) is 23.1 Å². The second-order valence-corrected chi connectivity index (χ2v) is 7.84. The van der Waals surface area contributed by atoms with Crippen LogP contribution in [0.4, 0.5) is 17.6 Å². The molecule has 0 amide bonds. The molecule has 33 heavy (non-hydrogen) atoms. The van der Waals surface area contributed by atoms with Crippen LogP contribution in [-0.2, 0) is 12.8 Å².